The molecule has 0 unspecified atom stereocenters. The quantitative estimate of drug-likeness (QED) is 0.577. The first-order valence-corrected chi connectivity index (χ1v) is 9.37. The van der Waals surface area contributed by atoms with Gasteiger partial charge in [0.2, 0.25) is 11.8 Å². The zero-order chi connectivity index (χ0) is 19.2. The highest BCUT2D eigenvalue weighted by Crippen LogP contribution is 2.37. The summed E-state index contributed by atoms with van der Waals surface area (Å²) in [7, 11) is 0. The predicted octanol–water partition coefficient (Wildman–Crippen LogP) is 1.41. The van der Waals surface area contributed by atoms with E-state index < -0.39 is 11.9 Å². The maximum Gasteiger partial charge on any atom is 0.308 e. The molecule has 2 fully saturated rings. The van der Waals surface area contributed by atoms with E-state index in [0.29, 0.717) is 6.54 Å². The minimum Gasteiger partial charge on any atom is -0.456 e. The Kier molecular flexibility index (Phi) is 6.21. The number of ether oxygens (including phenoxy) is 1. The average Bonchev–Trinajstić information content (AvgIpc) is 2.94. The highest BCUT2D eigenvalue weighted by atomic mass is 16.5. The van der Waals surface area contributed by atoms with E-state index in [1.807, 2.05) is 30.3 Å². The van der Waals surface area contributed by atoms with Gasteiger partial charge in [-0.05, 0) is 18.4 Å². The van der Waals surface area contributed by atoms with Crippen LogP contribution in [0.5, 0.6) is 0 Å². The minimum absolute atomic E-state index is 0.0230. The lowest BCUT2D eigenvalue weighted by molar-refractivity contribution is -0.150. The summed E-state index contributed by atoms with van der Waals surface area (Å²) in [5.41, 5.74) is 0.949. The van der Waals surface area contributed by atoms with Crippen LogP contribution < -0.4 is 5.32 Å². The van der Waals surface area contributed by atoms with Gasteiger partial charge in [-0.2, -0.15) is 0 Å². The third-order valence-corrected chi connectivity index (χ3v) is 5.17. The molecule has 144 valence electrons. The Morgan fingerprint density at radius 2 is 1.67 bits per heavy atom. The van der Waals surface area contributed by atoms with Gasteiger partial charge in [-0.25, -0.2) is 0 Å². The number of likely N-dealkylation sites (tertiary alicyclic amines) is 1. The highest BCUT2D eigenvalue weighted by Gasteiger charge is 2.47. The lowest BCUT2D eigenvalue weighted by atomic mass is 9.81. The van der Waals surface area contributed by atoms with Crippen LogP contribution in [0.15, 0.2) is 30.3 Å². The fourth-order valence-electron chi connectivity index (χ4n) is 3.72. The van der Waals surface area contributed by atoms with Crippen LogP contribution in [0.4, 0.5) is 0 Å². The summed E-state index contributed by atoms with van der Waals surface area (Å²) in [4.78, 5) is 49.5. The zero-order valence-electron chi connectivity index (χ0n) is 15.2. The number of nitrogens with zero attached hydrogens (tertiary/aromatic N) is 1. The molecule has 2 atom stereocenters. The number of hydrogen-bond acceptors (Lipinski definition) is 5. The van der Waals surface area contributed by atoms with Crippen LogP contribution in [0.2, 0.25) is 0 Å². The monoisotopic (exact) mass is 372 g/mol. The van der Waals surface area contributed by atoms with E-state index in [9.17, 15) is 19.2 Å². The van der Waals surface area contributed by atoms with E-state index in [2.05, 4.69) is 5.32 Å². The number of carbonyl (C=O) groups is 4. The van der Waals surface area contributed by atoms with Crippen molar-refractivity contribution in [2.24, 2.45) is 11.8 Å². The molecule has 7 heteroatoms. The van der Waals surface area contributed by atoms with Crippen molar-refractivity contribution in [2.75, 3.05) is 13.2 Å². The van der Waals surface area contributed by atoms with Crippen LogP contribution in [-0.2, 0) is 30.5 Å². The van der Waals surface area contributed by atoms with Gasteiger partial charge in [0, 0.05) is 13.1 Å². The molecule has 3 rings (SSSR count). The third kappa shape index (κ3) is 4.72. The van der Waals surface area contributed by atoms with Crippen molar-refractivity contribution in [3.8, 4) is 0 Å². The summed E-state index contributed by atoms with van der Waals surface area (Å²) in [5, 5.41) is 2.66. The van der Waals surface area contributed by atoms with Gasteiger partial charge in [0.25, 0.3) is 5.91 Å². The number of esters is 1. The van der Waals surface area contributed by atoms with Gasteiger partial charge in [0.15, 0.2) is 6.61 Å². The summed E-state index contributed by atoms with van der Waals surface area (Å²) in [5.74, 6) is -1.76. The van der Waals surface area contributed by atoms with Crippen LogP contribution in [0.1, 0.15) is 37.7 Å². The second-order valence-electron chi connectivity index (χ2n) is 7.00. The molecule has 27 heavy (non-hydrogen) atoms. The molecule has 1 aliphatic heterocycles. The number of amides is 3. The Bertz CT molecular complexity index is 694. The Labute approximate surface area is 158 Å². The number of benzene rings is 1. The number of nitrogens with one attached hydrogen (secondary N) is 1. The Morgan fingerprint density at radius 1 is 1.04 bits per heavy atom. The molecular formula is C20H24N2O5. The van der Waals surface area contributed by atoms with Crippen LogP contribution >= 0.6 is 0 Å². The molecule has 0 radical (unpaired) electrons. The predicted molar refractivity (Wildman–Crippen MR) is 96.0 cm³/mol. The van der Waals surface area contributed by atoms with Crippen LogP contribution in [0.25, 0.3) is 0 Å². The molecule has 7 nitrogen and oxygen atoms in total. The van der Waals surface area contributed by atoms with E-state index in [1.165, 1.54) is 4.90 Å². The lowest BCUT2D eigenvalue weighted by Crippen LogP contribution is -2.34. The van der Waals surface area contributed by atoms with Gasteiger partial charge < -0.3 is 10.1 Å². The van der Waals surface area contributed by atoms with Gasteiger partial charge in [0.1, 0.15) is 0 Å². The molecule has 1 aromatic carbocycles. The number of rotatable bonds is 7. The molecule has 1 aromatic rings. The van der Waals surface area contributed by atoms with Crippen molar-refractivity contribution in [1.82, 2.24) is 10.2 Å². The Balaban J connectivity index is 1.37. The summed E-state index contributed by atoms with van der Waals surface area (Å²) < 4.78 is 4.94. The number of carbonyl (C=O) groups excluding carboxylic acids is 4. The second-order valence-corrected chi connectivity index (χ2v) is 7.00. The van der Waals surface area contributed by atoms with E-state index in [0.717, 1.165) is 31.2 Å². The molecule has 3 amide bonds. The van der Waals surface area contributed by atoms with E-state index in [4.69, 9.17) is 4.74 Å². The molecule has 1 saturated heterocycles. The topological polar surface area (TPSA) is 92.8 Å². The van der Waals surface area contributed by atoms with Crippen molar-refractivity contribution < 1.29 is 23.9 Å². The maximum atomic E-state index is 12.3. The first-order valence-electron chi connectivity index (χ1n) is 9.37. The fraction of sp³-hybridized carbons (Fsp3) is 0.500. The minimum atomic E-state index is -0.597. The standard InChI is InChI=1S/C20H24N2O5/c23-17(21-12-14-6-2-1-3-7-14)13-27-18(24)10-11-22-19(25)15-8-4-5-9-16(15)20(22)26/h1-3,6-7,15-16H,4-5,8-13H2,(H,21,23)/t15-,16+. The molecule has 0 aromatic heterocycles. The molecule has 1 aliphatic carbocycles. The summed E-state index contributed by atoms with van der Waals surface area (Å²) in [6.45, 7) is 0.00469. The first-order chi connectivity index (χ1) is 13.1. The largest absolute Gasteiger partial charge is 0.456 e. The van der Waals surface area contributed by atoms with Gasteiger partial charge in [-0.3, -0.25) is 24.1 Å². The van der Waals surface area contributed by atoms with E-state index in [1.54, 1.807) is 0 Å². The van der Waals surface area contributed by atoms with Crippen molar-refractivity contribution in [3.05, 3.63) is 35.9 Å². The van der Waals surface area contributed by atoms with Crippen molar-refractivity contribution in [1.29, 1.82) is 0 Å². The SMILES string of the molecule is O=C(COC(=O)CCN1C(=O)[C@H]2CCCC[C@H]2C1=O)NCc1ccccc1. The van der Waals surface area contributed by atoms with Gasteiger partial charge in [-0.15, -0.1) is 0 Å². The fourth-order valence-corrected chi connectivity index (χ4v) is 3.72. The maximum absolute atomic E-state index is 12.3. The summed E-state index contributed by atoms with van der Waals surface area (Å²) >= 11 is 0. The van der Waals surface area contributed by atoms with Crippen molar-refractivity contribution in [3.63, 3.8) is 0 Å². The molecule has 2 aliphatic rings. The molecule has 0 bridgehead atoms. The summed E-state index contributed by atoms with van der Waals surface area (Å²) in [6.07, 6.45) is 3.33. The smallest absolute Gasteiger partial charge is 0.308 e. The molecule has 1 heterocycles. The average molecular weight is 372 g/mol. The van der Waals surface area contributed by atoms with Crippen molar-refractivity contribution in [2.45, 2.75) is 38.6 Å². The highest BCUT2D eigenvalue weighted by molar-refractivity contribution is 6.05. The number of imide groups is 1. The normalized spacial score (nSPS) is 21.7. The van der Waals surface area contributed by atoms with E-state index in [-0.39, 0.29) is 43.2 Å². The number of hydrogen-bond donors (Lipinski definition) is 1. The Hall–Kier alpha value is -2.70. The molecule has 0 spiro atoms. The van der Waals surface area contributed by atoms with Gasteiger partial charge in [0.05, 0.1) is 18.3 Å². The van der Waals surface area contributed by atoms with Crippen LogP contribution in [0.3, 0.4) is 0 Å². The molecule has 1 N–H and O–H groups in total. The van der Waals surface area contributed by atoms with Crippen molar-refractivity contribution >= 4 is 23.7 Å². The Morgan fingerprint density at radius 3 is 2.30 bits per heavy atom. The number of fused-ring (bicyclic) bond motifs is 1. The second kappa shape index (κ2) is 8.79. The molecule has 1 saturated carbocycles. The summed E-state index contributed by atoms with van der Waals surface area (Å²) in [6, 6.07) is 9.40. The third-order valence-electron chi connectivity index (χ3n) is 5.17. The van der Waals surface area contributed by atoms with Crippen LogP contribution in [0, 0.1) is 11.8 Å². The molecular weight excluding hydrogens is 348 g/mol. The van der Waals surface area contributed by atoms with Gasteiger partial charge in [-0.1, -0.05) is 43.2 Å². The zero-order valence-corrected chi connectivity index (χ0v) is 15.2. The van der Waals surface area contributed by atoms with E-state index >= 15 is 0 Å². The first kappa shape index (κ1) is 19.1. The van der Waals surface area contributed by atoms with Crippen LogP contribution in [-0.4, -0.2) is 41.7 Å². The van der Waals surface area contributed by atoms with Gasteiger partial charge >= 0.3 is 5.97 Å². The lowest BCUT2D eigenvalue weighted by Gasteiger charge is -2.19.